The maximum atomic E-state index is 3.25. The van der Waals surface area contributed by atoms with E-state index in [9.17, 15) is 0 Å². The molecule has 0 atom stereocenters. The third-order valence-corrected chi connectivity index (χ3v) is 4.55. The first-order valence-electron chi connectivity index (χ1n) is 7.68. The maximum absolute atomic E-state index is 3.25. The van der Waals surface area contributed by atoms with E-state index in [1.807, 2.05) is 7.05 Å². The lowest BCUT2D eigenvalue weighted by molar-refractivity contribution is 0.0359. The molecular weight excluding hydrogens is 246 g/mol. The second-order valence-electron chi connectivity index (χ2n) is 6.57. The fourth-order valence-corrected chi connectivity index (χ4v) is 2.93. The van der Waals surface area contributed by atoms with Gasteiger partial charge in [-0.1, -0.05) is 24.3 Å². The third kappa shape index (κ3) is 3.81. The minimum Gasteiger partial charge on any atom is -0.319 e. The highest BCUT2D eigenvalue weighted by molar-refractivity contribution is 5.27. The van der Waals surface area contributed by atoms with E-state index in [1.54, 1.807) is 0 Å². The van der Waals surface area contributed by atoms with Crippen molar-refractivity contribution in [2.75, 3.05) is 40.3 Å². The molecule has 0 aromatic heterocycles. The van der Waals surface area contributed by atoms with Crippen molar-refractivity contribution >= 4 is 0 Å². The third-order valence-electron chi connectivity index (χ3n) is 4.55. The highest BCUT2D eigenvalue weighted by atomic mass is 15.3. The van der Waals surface area contributed by atoms with Gasteiger partial charge in [0.1, 0.15) is 0 Å². The summed E-state index contributed by atoms with van der Waals surface area (Å²) in [6.45, 7) is 10.3. The van der Waals surface area contributed by atoms with Crippen LogP contribution in [0.5, 0.6) is 0 Å². The Balaban J connectivity index is 2.03. The van der Waals surface area contributed by atoms with E-state index in [4.69, 9.17) is 0 Å². The van der Waals surface area contributed by atoms with E-state index in [0.29, 0.717) is 0 Å². The van der Waals surface area contributed by atoms with Gasteiger partial charge in [-0.25, -0.2) is 0 Å². The quantitative estimate of drug-likeness (QED) is 0.886. The molecule has 0 unspecified atom stereocenters. The predicted molar refractivity (Wildman–Crippen MR) is 86.1 cm³/mol. The summed E-state index contributed by atoms with van der Waals surface area (Å²) >= 11 is 0. The predicted octanol–water partition coefficient (Wildman–Crippen LogP) is 1.97. The van der Waals surface area contributed by atoms with Crippen LogP contribution in [0.4, 0.5) is 0 Å². The number of nitrogens with one attached hydrogen (secondary N) is 1. The van der Waals surface area contributed by atoms with Gasteiger partial charge < -0.3 is 5.32 Å². The zero-order chi connectivity index (χ0) is 14.6. The number of nitrogens with zero attached hydrogens (tertiary/aromatic N) is 2. The van der Waals surface area contributed by atoms with Gasteiger partial charge in [-0.3, -0.25) is 9.80 Å². The van der Waals surface area contributed by atoms with E-state index in [-0.39, 0.29) is 5.54 Å². The van der Waals surface area contributed by atoms with Gasteiger partial charge in [-0.05, 0) is 52.0 Å². The molecule has 0 bridgehead atoms. The van der Waals surface area contributed by atoms with Gasteiger partial charge in [-0.2, -0.15) is 0 Å². The van der Waals surface area contributed by atoms with E-state index >= 15 is 0 Å². The van der Waals surface area contributed by atoms with Crippen LogP contribution in [-0.2, 0) is 13.0 Å². The smallest absolute Gasteiger partial charge is 0.0277 e. The zero-order valence-electron chi connectivity index (χ0n) is 13.4. The second kappa shape index (κ2) is 6.70. The fraction of sp³-hybridized carbons (Fsp3) is 0.647. The summed E-state index contributed by atoms with van der Waals surface area (Å²) in [7, 11) is 4.25. The molecule has 20 heavy (non-hydrogen) atoms. The molecule has 0 spiro atoms. The second-order valence-corrected chi connectivity index (χ2v) is 6.57. The Morgan fingerprint density at radius 1 is 1.15 bits per heavy atom. The maximum Gasteiger partial charge on any atom is 0.0277 e. The average Bonchev–Trinajstić information content (AvgIpc) is 2.42. The van der Waals surface area contributed by atoms with E-state index < -0.39 is 0 Å². The number of likely N-dealkylation sites (N-methyl/N-ethyl adjacent to an activating group) is 2. The number of benzene rings is 1. The van der Waals surface area contributed by atoms with Gasteiger partial charge in [0.15, 0.2) is 0 Å². The van der Waals surface area contributed by atoms with Crippen molar-refractivity contribution in [1.29, 1.82) is 0 Å². The molecule has 0 radical (unpaired) electrons. The molecule has 1 aliphatic rings. The summed E-state index contributed by atoms with van der Waals surface area (Å²) in [5, 5.41) is 3.25. The minimum atomic E-state index is 0.276. The first kappa shape index (κ1) is 15.5. The lowest BCUT2D eigenvalue weighted by atomic mass is 9.98. The molecule has 2 rings (SSSR count). The first-order valence-corrected chi connectivity index (χ1v) is 7.68. The molecule has 3 nitrogen and oxygen atoms in total. The highest BCUT2D eigenvalue weighted by Crippen LogP contribution is 2.21. The molecule has 0 aliphatic carbocycles. The molecule has 0 saturated carbocycles. The van der Waals surface area contributed by atoms with Gasteiger partial charge in [-0.15, -0.1) is 0 Å². The summed E-state index contributed by atoms with van der Waals surface area (Å²) in [6, 6.07) is 8.88. The van der Waals surface area contributed by atoms with Crippen molar-refractivity contribution < 1.29 is 0 Å². The lowest BCUT2D eigenvalue weighted by Crippen LogP contribution is -2.57. The van der Waals surface area contributed by atoms with E-state index in [1.165, 1.54) is 17.7 Å². The summed E-state index contributed by atoms with van der Waals surface area (Å²) in [5.74, 6) is 0. The van der Waals surface area contributed by atoms with Crippen molar-refractivity contribution in [3.05, 3.63) is 35.4 Å². The number of hydrogen-bond acceptors (Lipinski definition) is 3. The Morgan fingerprint density at radius 3 is 2.50 bits per heavy atom. The first-order chi connectivity index (χ1) is 9.53. The minimum absolute atomic E-state index is 0.276. The Morgan fingerprint density at radius 2 is 1.85 bits per heavy atom. The van der Waals surface area contributed by atoms with Gasteiger partial charge >= 0.3 is 0 Å². The van der Waals surface area contributed by atoms with Crippen molar-refractivity contribution in [1.82, 2.24) is 15.1 Å². The zero-order valence-corrected chi connectivity index (χ0v) is 13.4. The Kier molecular flexibility index (Phi) is 5.19. The fourth-order valence-electron chi connectivity index (χ4n) is 2.93. The number of hydrogen-bond donors (Lipinski definition) is 1. The summed E-state index contributed by atoms with van der Waals surface area (Å²) < 4.78 is 0. The normalized spacial score (nSPS) is 20.2. The Labute approximate surface area is 124 Å². The van der Waals surface area contributed by atoms with Gasteiger partial charge in [0.25, 0.3) is 0 Å². The summed E-state index contributed by atoms with van der Waals surface area (Å²) in [4.78, 5) is 5.06. The van der Waals surface area contributed by atoms with Gasteiger partial charge in [0.05, 0.1) is 0 Å². The van der Waals surface area contributed by atoms with Crippen molar-refractivity contribution in [2.24, 2.45) is 0 Å². The van der Waals surface area contributed by atoms with Crippen LogP contribution >= 0.6 is 0 Å². The molecule has 1 aromatic rings. The van der Waals surface area contributed by atoms with Crippen LogP contribution in [0, 0.1) is 0 Å². The van der Waals surface area contributed by atoms with Crippen LogP contribution in [0.3, 0.4) is 0 Å². The molecular formula is C17H29N3. The molecule has 1 N–H and O–H groups in total. The molecule has 1 aliphatic heterocycles. The molecule has 112 valence electrons. The molecule has 3 heteroatoms. The standard InChI is InChI=1S/C17H29N3/c1-17(2)14-20(12-11-19(17)4)13-16-8-6-5-7-15(16)9-10-18-3/h5-8,18H,9-14H2,1-4H3. The summed E-state index contributed by atoms with van der Waals surface area (Å²) in [5.41, 5.74) is 3.25. The van der Waals surface area contributed by atoms with Crippen molar-refractivity contribution in [3.63, 3.8) is 0 Å². The molecule has 0 amide bonds. The van der Waals surface area contributed by atoms with Crippen LogP contribution in [-0.4, -0.2) is 55.6 Å². The number of piperazine rings is 1. The Hall–Kier alpha value is -0.900. The number of rotatable bonds is 5. The Bertz CT molecular complexity index is 428. The van der Waals surface area contributed by atoms with Crippen LogP contribution < -0.4 is 5.32 Å². The largest absolute Gasteiger partial charge is 0.319 e. The van der Waals surface area contributed by atoms with Crippen molar-refractivity contribution in [2.45, 2.75) is 32.4 Å². The molecule has 1 heterocycles. The van der Waals surface area contributed by atoms with Crippen LogP contribution in [0.25, 0.3) is 0 Å². The topological polar surface area (TPSA) is 18.5 Å². The molecule has 1 fully saturated rings. The van der Waals surface area contributed by atoms with Crippen LogP contribution in [0.1, 0.15) is 25.0 Å². The van der Waals surface area contributed by atoms with Crippen molar-refractivity contribution in [3.8, 4) is 0 Å². The monoisotopic (exact) mass is 275 g/mol. The van der Waals surface area contributed by atoms with Gasteiger partial charge in [0, 0.05) is 31.7 Å². The van der Waals surface area contributed by atoms with Crippen LogP contribution in [0.15, 0.2) is 24.3 Å². The average molecular weight is 275 g/mol. The van der Waals surface area contributed by atoms with Gasteiger partial charge in [0.2, 0.25) is 0 Å². The van der Waals surface area contributed by atoms with E-state index in [2.05, 4.69) is 60.3 Å². The SMILES string of the molecule is CNCCc1ccccc1CN1CCN(C)C(C)(C)C1. The highest BCUT2D eigenvalue weighted by Gasteiger charge is 2.30. The summed E-state index contributed by atoms with van der Waals surface area (Å²) in [6.07, 6.45) is 1.11. The molecule has 1 saturated heterocycles. The van der Waals surface area contributed by atoms with Crippen LogP contribution in [0.2, 0.25) is 0 Å². The molecule has 1 aromatic carbocycles. The van der Waals surface area contributed by atoms with E-state index in [0.717, 1.165) is 32.6 Å². The lowest BCUT2D eigenvalue weighted by Gasteiger charge is -2.45.